The number of sulfonamides is 1. The summed E-state index contributed by atoms with van der Waals surface area (Å²) in [7, 11) is -4.39. The van der Waals surface area contributed by atoms with Crippen LogP contribution in [-0.4, -0.2) is 44.3 Å². The molecular weight excluding hydrogens is 576 g/mol. The Labute approximate surface area is 244 Å². The molecule has 0 radical (unpaired) electrons. The van der Waals surface area contributed by atoms with Crippen LogP contribution in [0.25, 0.3) is 0 Å². The second kappa shape index (κ2) is 13.5. The number of anilines is 1. The Morgan fingerprint density at radius 2 is 1.52 bits per heavy atom. The number of carbonyl (C=O) groups excluding carboxylic acids is 2. The number of nitrogens with zero attached hydrogens (tertiary/aromatic N) is 2. The number of benzene rings is 3. The fraction of sp³-hybridized carbons (Fsp3) is 0.310. The maximum Gasteiger partial charge on any atom is 0.264 e. The Hall–Kier alpha value is -3.14. The molecule has 3 aromatic carbocycles. The minimum absolute atomic E-state index is 0.113. The molecule has 3 rings (SSSR count). The van der Waals surface area contributed by atoms with Crippen LogP contribution in [0.2, 0.25) is 10.0 Å². The monoisotopic (exact) mass is 607 g/mol. The van der Waals surface area contributed by atoms with E-state index in [-0.39, 0.29) is 33.1 Å². The van der Waals surface area contributed by atoms with Gasteiger partial charge in [-0.2, -0.15) is 0 Å². The highest BCUT2D eigenvalue weighted by Gasteiger charge is 2.34. The number of rotatable bonds is 11. The number of para-hydroxylation sites is 1. The van der Waals surface area contributed by atoms with Gasteiger partial charge in [-0.15, -0.1) is 0 Å². The Morgan fingerprint density at radius 3 is 2.10 bits per heavy atom. The minimum Gasteiger partial charge on any atom is -0.354 e. The molecule has 0 saturated heterocycles. The van der Waals surface area contributed by atoms with Gasteiger partial charge in [-0.3, -0.25) is 13.9 Å². The van der Waals surface area contributed by atoms with Crippen molar-refractivity contribution in [1.82, 2.24) is 10.2 Å². The SMILES string of the molecule is Cc1ccc(S(=O)(=O)N(CC(=O)N(Cc2c(Cl)cccc2Cl)[C@H](C)C(=O)NCC(C)C)c2ccccc2F)cc1. The highest BCUT2D eigenvalue weighted by Crippen LogP contribution is 2.29. The Balaban J connectivity index is 2.06. The third kappa shape index (κ3) is 7.53. The van der Waals surface area contributed by atoms with Gasteiger partial charge < -0.3 is 10.2 Å². The zero-order chi connectivity index (χ0) is 29.6. The number of carbonyl (C=O) groups is 2. The number of hydrogen-bond donors (Lipinski definition) is 1. The van der Waals surface area contributed by atoms with Crippen molar-refractivity contribution in [2.75, 3.05) is 17.4 Å². The van der Waals surface area contributed by atoms with Gasteiger partial charge in [0.2, 0.25) is 11.8 Å². The van der Waals surface area contributed by atoms with Crippen LogP contribution in [-0.2, 0) is 26.2 Å². The van der Waals surface area contributed by atoms with Crippen LogP contribution in [0.1, 0.15) is 31.9 Å². The summed E-state index contributed by atoms with van der Waals surface area (Å²) < 4.78 is 43.2. The largest absolute Gasteiger partial charge is 0.354 e. The highest BCUT2D eigenvalue weighted by atomic mass is 35.5. The van der Waals surface area contributed by atoms with Gasteiger partial charge in [-0.1, -0.05) is 72.9 Å². The van der Waals surface area contributed by atoms with E-state index in [0.717, 1.165) is 15.9 Å². The molecular formula is C29H32Cl2FN3O4S. The quantitative estimate of drug-likeness (QED) is 0.297. The summed E-state index contributed by atoms with van der Waals surface area (Å²) in [5.41, 5.74) is 0.919. The molecule has 214 valence electrons. The molecule has 0 heterocycles. The van der Waals surface area contributed by atoms with Gasteiger partial charge >= 0.3 is 0 Å². The van der Waals surface area contributed by atoms with Crippen molar-refractivity contribution >= 4 is 50.7 Å². The molecule has 1 N–H and O–H groups in total. The van der Waals surface area contributed by atoms with Gasteiger partial charge in [0.1, 0.15) is 18.4 Å². The molecule has 3 aromatic rings. The summed E-state index contributed by atoms with van der Waals surface area (Å²) in [6, 6.07) is 15.1. The predicted octanol–water partition coefficient (Wildman–Crippen LogP) is 5.83. The van der Waals surface area contributed by atoms with E-state index in [2.05, 4.69) is 5.32 Å². The molecule has 0 saturated carbocycles. The van der Waals surface area contributed by atoms with E-state index >= 15 is 0 Å². The van der Waals surface area contributed by atoms with Crippen molar-refractivity contribution in [2.45, 2.75) is 45.2 Å². The molecule has 1 atom stereocenters. The fourth-order valence-electron chi connectivity index (χ4n) is 3.89. The molecule has 2 amide bonds. The number of nitrogens with one attached hydrogen (secondary N) is 1. The summed E-state index contributed by atoms with van der Waals surface area (Å²) >= 11 is 12.7. The van der Waals surface area contributed by atoms with Crippen molar-refractivity contribution in [3.63, 3.8) is 0 Å². The molecule has 0 unspecified atom stereocenters. The Morgan fingerprint density at radius 1 is 0.925 bits per heavy atom. The second-order valence-electron chi connectivity index (χ2n) is 9.81. The maximum absolute atomic E-state index is 15.0. The summed E-state index contributed by atoms with van der Waals surface area (Å²) in [5, 5.41) is 3.35. The van der Waals surface area contributed by atoms with E-state index in [1.165, 1.54) is 42.2 Å². The summed E-state index contributed by atoms with van der Waals surface area (Å²) in [5.74, 6) is -1.85. The lowest BCUT2D eigenvalue weighted by Crippen LogP contribution is -2.51. The van der Waals surface area contributed by atoms with Crippen LogP contribution in [0.3, 0.4) is 0 Å². The van der Waals surface area contributed by atoms with Gasteiger partial charge in [0, 0.05) is 28.7 Å². The van der Waals surface area contributed by atoms with Gasteiger partial charge in [-0.25, -0.2) is 12.8 Å². The molecule has 0 aliphatic heterocycles. The van der Waals surface area contributed by atoms with Crippen molar-refractivity contribution in [3.8, 4) is 0 Å². The van der Waals surface area contributed by atoms with Crippen LogP contribution >= 0.6 is 23.2 Å². The predicted molar refractivity (Wildman–Crippen MR) is 156 cm³/mol. The van der Waals surface area contributed by atoms with Crippen molar-refractivity contribution < 1.29 is 22.4 Å². The molecule has 40 heavy (non-hydrogen) atoms. The van der Waals surface area contributed by atoms with Crippen LogP contribution in [0.15, 0.2) is 71.6 Å². The van der Waals surface area contributed by atoms with E-state index in [9.17, 15) is 22.4 Å². The van der Waals surface area contributed by atoms with E-state index in [1.54, 1.807) is 37.3 Å². The first-order valence-corrected chi connectivity index (χ1v) is 14.9. The van der Waals surface area contributed by atoms with Gasteiger partial charge in [0.05, 0.1) is 10.6 Å². The average molecular weight is 609 g/mol. The first kappa shape index (κ1) is 31.4. The van der Waals surface area contributed by atoms with Crippen LogP contribution in [0.5, 0.6) is 0 Å². The summed E-state index contributed by atoms with van der Waals surface area (Å²) in [6.07, 6.45) is 0. The lowest BCUT2D eigenvalue weighted by atomic mass is 10.1. The smallest absolute Gasteiger partial charge is 0.264 e. The molecule has 0 aliphatic carbocycles. The lowest BCUT2D eigenvalue weighted by Gasteiger charge is -2.32. The third-order valence-corrected chi connectivity index (χ3v) is 8.73. The zero-order valence-electron chi connectivity index (χ0n) is 22.7. The minimum atomic E-state index is -4.39. The Kier molecular flexibility index (Phi) is 10.6. The maximum atomic E-state index is 15.0. The van der Waals surface area contributed by atoms with E-state index < -0.39 is 40.2 Å². The third-order valence-electron chi connectivity index (χ3n) is 6.25. The molecule has 0 aromatic heterocycles. The standard InChI is InChI=1S/C29H32Cl2FN3O4S/c1-19(2)16-33-29(37)21(4)34(17-23-24(30)8-7-9-25(23)31)28(36)18-35(27-11-6-5-10-26(27)32)40(38,39)22-14-12-20(3)13-15-22/h5-15,19,21H,16-18H2,1-4H3,(H,33,37)/t21-/m1/s1. The number of aryl methyl sites for hydroxylation is 1. The molecule has 0 bridgehead atoms. The highest BCUT2D eigenvalue weighted by molar-refractivity contribution is 7.92. The number of halogens is 3. The van der Waals surface area contributed by atoms with Crippen LogP contribution in [0.4, 0.5) is 10.1 Å². The molecule has 11 heteroatoms. The average Bonchev–Trinajstić information content (AvgIpc) is 2.90. The zero-order valence-corrected chi connectivity index (χ0v) is 25.0. The summed E-state index contributed by atoms with van der Waals surface area (Å²) in [4.78, 5) is 28.0. The lowest BCUT2D eigenvalue weighted by molar-refractivity contribution is -0.139. The van der Waals surface area contributed by atoms with Crippen LogP contribution < -0.4 is 9.62 Å². The molecule has 0 fully saturated rings. The number of hydrogen-bond acceptors (Lipinski definition) is 4. The van der Waals surface area contributed by atoms with Gasteiger partial charge in [0.15, 0.2) is 0 Å². The first-order chi connectivity index (χ1) is 18.8. The van der Waals surface area contributed by atoms with Crippen molar-refractivity contribution in [2.24, 2.45) is 5.92 Å². The van der Waals surface area contributed by atoms with E-state index in [4.69, 9.17) is 23.2 Å². The van der Waals surface area contributed by atoms with E-state index in [0.29, 0.717) is 12.1 Å². The van der Waals surface area contributed by atoms with Gasteiger partial charge in [-0.05, 0) is 56.2 Å². The normalized spacial score (nSPS) is 12.2. The molecule has 0 aliphatic rings. The fourth-order valence-corrected chi connectivity index (χ4v) is 5.83. The van der Waals surface area contributed by atoms with Crippen LogP contribution in [0, 0.1) is 18.7 Å². The number of amides is 2. The molecule has 7 nitrogen and oxygen atoms in total. The van der Waals surface area contributed by atoms with Gasteiger partial charge in [0.25, 0.3) is 10.0 Å². The van der Waals surface area contributed by atoms with Crippen molar-refractivity contribution in [3.05, 3.63) is 93.7 Å². The Bertz CT molecular complexity index is 1450. The van der Waals surface area contributed by atoms with Crippen molar-refractivity contribution in [1.29, 1.82) is 0 Å². The topological polar surface area (TPSA) is 86.8 Å². The van der Waals surface area contributed by atoms with E-state index in [1.807, 2.05) is 13.8 Å². The second-order valence-corrected chi connectivity index (χ2v) is 12.5. The summed E-state index contributed by atoms with van der Waals surface area (Å²) in [6.45, 7) is 6.61. The molecule has 0 spiro atoms. The first-order valence-electron chi connectivity index (χ1n) is 12.7.